The van der Waals surface area contributed by atoms with E-state index >= 15 is 0 Å². The number of methoxy groups -OCH3 is 1. The number of quaternary nitrogens is 1. The average molecular weight is 358 g/mol. The van der Waals surface area contributed by atoms with Gasteiger partial charge in [0.1, 0.15) is 0 Å². The molecule has 1 atom stereocenters. The van der Waals surface area contributed by atoms with Crippen LogP contribution >= 0.6 is 0 Å². The molecule has 6 nitrogen and oxygen atoms in total. The van der Waals surface area contributed by atoms with Crippen LogP contribution in [-0.4, -0.2) is 49.1 Å². The molecule has 1 saturated heterocycles. The number of hydrogen-bond acceptors (Lipinski definition) is 3. The number of hydrogen-bond donors (Lipinski definition) is 1. The van der Waals surface area contributed by atoms with Gasteiger partial charge >= 0.3 is 5.97 Å². The van der Waals surface area contributed by atoms with Gasteiger partial charge in [-0.1, -0.05) is 6.07 Å². The fraction of sp³-hybridized carbons (Fsp3) is 0.550. The highest BCUT2D eigenvalue weighted by atomic mass is 16.5. The number of benzene rings is 1. The largest absolute Gasteiger partial charge is 0.465 e. The third-order valence-corrected chi connectivity index (χ3v) is 5.64. The molecule has 0 radical (unpaired) electrons. The van der Waals surface area contributed by atoms with Gasteiger partial charge in [-0.3, -0.25) is 4.79 Å². The molecule has 0 saturated carbocycles. The van der Waals surface area contributed by atoms with Crippen LogP contribution in [0.1, 0.15) is 49.0 Å². The maximum Gasteiger partial charge on any atom is 0.338 e. The standard InChI is InChI=1S/C20H27N3O3/c1-6-23(10-8-7-9-11-23)15(3)19(24)22-18-14(2)12-16(21-4)13-17(18)20(25)26-5/h12-13,15H,6-11H2,1-3,5H3/p+1. The first-order valence-electron chi connectivity index (χ1n) is 9.15. The molecule has 1 heterocycles. The zero-order chi connectivity index (χ0) is 19.3. The van der Waals surface area contributed by atoms with E-state index in [-0.39, 0.29) is 17.5 Å². The molecule has 0 spiro atoms. The lowest BCUT2D eigenvalue weighted by Crippen LogP contribution is -2.60. The number of nitrogens with zero attached hydrogens (tertiary/aromatic N) is 2. The number of likely N-dealkylation sites (tertiary alicyclic amines) is 1. The first-order valence-corrected chi connectivity index (χ1v) is 9.15. The summed E-state index contributed by atoms with van der Waals surface area (Å²) >= 11 is 0. The van der Waals surface area contributed by atoms with E-state index in [2.05, 4.69) is 17.1 Å². The molecule has 0 aliphatic carbocycles. The van der Waals surface area contributed by atoms with Crippen LogP contribution in [0, 0.1) is 13.5 Å². The highest BCUT2D eigenvalue weighted by Crippen LogP contribution is 2.29. The van der Waals surface area contributed by atoms with E-state index in [1.54, 1.807) is 13.0 Å². The van der Waals surface area contributed by atoms with Gasteiger partial charge in [-0.25, -0.2) is 9.64 Å². The van der Waals surface area contributed by atoms with E-state index in [0.29, 0.717) is 16.9 Å². The zero-order valence-corrected chi connectivity index (χ0v) is 16.1. The normalized spacial score (nSPS) is 17.0. The monoisotopic (exact) mass is 358 g/mol. The maximum absolute atomic E-state index is 13.0. The number of aryl methyl sites for hydroxylation is 1. The van der Waals surface area contributed by atoms with Crippen molar-refractivity contribution in [1.29, 1.82) is 0 Å². The molecule has 6 heteroatoms. The lowest BCUT2D eigenvalue weighted by Gasteiger charge is -2.44. The number of likely N-dealkylation sites (N-methyl/N-ethyl adjacent to an activating group) is 1. The number of piperidine rings is 1. The molecular weight excluding hydrogens is 330 g/mol. The Balaban J connectivity index is 2.33. The summed E-state index contributed by atoms with van der Waals surface area (Å²) in [5.41, 5.74) is 1.69. The second-order valence-electron chi connectivity index (χ2n) is 7.00. The van der Waals surface area contributed by atoms with Crippen molar-refractivity contribution in [3.8, 4) is 0 Å². The number of ether oxygens (including phenoxy) is 1. The molecule has 1 N–H and O–H groups in total. The molecule has 1 aromatic carbocycles. The maximum atomic E-state index is 13.0. The molecule has 0 aromatic heterocycles. The van der Waals surface area contributed by atoms with E-state index in [0.717, 1.165) is 37.0 Å². The number of amides is 1. The van der Waals surface area contributed by atoms with Crippen LogP contribution in [0.25, 0.3) is 4.85 Å². The quantitative estimate of drug-likeness (QED) is 0.496. The third kappa shape index (κ3) is 3.88. The van der Waals surface area contributed by atoms with Crippen LogP contribution < -0.4 is 5.32 Å². The van der Waals surface area contributed by atoms with Crippen molar-refractivity contribution in [1.82, 2.24) is 0 Å². The lowest BCUT2D eigenvalue weighted by molar-refractivity contribution is -0.943. The van der Waals surface area contributed by atoms with E-state index < -0.39 is 5.97 Å². The van der Waals surface area contributed by atoms with Gasteiger partial charge in [0.05, 0.1) is 44.6 Å². The number of carbonyl (C=O) groups excluding carboxylic acids is 2. The summed E-state index contributed by atoms with van der Waals surface area (Å²) in [5, 5.41) is 2.94. The van der Waals surface area contributed by atoms with E-state index in [4.69, 9.17) is 11.3 Å². The summed E-state index contributed by atoms with van der Waals surface area (Å²) in [6, 6.07) is 2.94. The second kappa shape index (κ2) is 8.33. The van der Waals surface area contributed by atoms with E-state index in [1.807, 2.05) is 6.92 Å². The van der Waals surface area contributed by atoms with Crippen LogP contribution in [-0.2, 0) is 9.53 Å². The molecule has 1 aromatic rings. The summed E-state index contributed by atoms with van der Waals surface area (Å²) in [4.78, 5) is 28.5. The van der Waals surface area contributed by atoms with Gasteiger partial charge in [-0.2, -0.15) is 0 Å². The predicted molar refractivity (Wildman–Crippen MR) is 101 cm³/mol. The minimum absolute atomic E-state index is 0.0995. The Labute approximate surface area is 155 Å². The van der Waals surface area contributed by atoms with Gasteiger partial charge in [-0.05, 0) is 51.7 Å². The summed E-state index contributed by atoms with van der Waals surface area (Å²) in [6.07, 6.45) is 3.49. The van der Waals surface area contributed by atoms with Gasteiger partial charge < -0.3 is 14.5 Å². The van der Waals surface area contributed by atoms with Crippen LogP contribution in [0.15, 0.2) is 12.1 Å². The first kappa shape index (κ1) is 19.9. The highest BCUT2D eigenvalue weighted by molar-refractivity contribution is 6.04. The smallest absolute Gasteiger partial charge is 0.338 e. The Hall–Kier alpha value is -2.39. The second-order valence-corrected chi connectivity index (χ2v) is 7.00. The molecular formula is C20H28N3O3+. The van der Waals surface area contributed by atoms with Crippen molar-refractivity contribution >= 4 is 23.3 Å². The SMILES string of the molecule is [C-]#[N+]c1cc(C)c(NC(=O)C(C)[N+]2(CC)CCCCC2)c(C(=O)OC)c1. The fourth-order valence-electron chi connectivity index (χ4n) is 3.87. The van der Waals surface area contributed by atoms with Gasteiger partial charge in [0.15, 0.2) is 11.7 Å². The van der Waals surface area contributed by atoms with Crippen LogP contribution in [0.2, 0.25) is 0 Å². The number of esters is 1. The molecule has 26 heavy (non-hydrogen) atoms. The summed E-state index contributed by atoms with van der Waals surface area (Å²) in [7, 11) is 1.29. The number of carbonyl (C=O) groups is 2. The Morgan fingerprint density at radius 3 is 2.50 bits per heavy atom. The molecule has 1 aliphatic heterocycles. The van der Waals surface area contributed by atoms with Crippen molar-refractivity contribution in [2.45, 2.75) is 46.1 Å². The number of nitrogens with one attached hydrogen (secondary N) is 1. The number of anilines is 1. The summed E-state index contributed by atoms with van der Waals surface area (Å²) in [5.74, 6) is -0.656. The van der Waals surface area contributed by atoms with Crippen molar-refractivity contribution in [2.24, 2.45) is 0 Å². The van der Waals surface area contributed by atoms with Crippen molar-refractivity contribution < 1.29 is 18.8 Å². The lowest BCUT2D eigenvalue weighted by atomic mass is 10.0. The Morgan fingerprint density at radius 1 is 1.31 bits per heavy atom. The topological polar surface area (TPSA) is 59.8 Å². The van der Waals surface area contributed by atoms with Crippen LogP contribution in [0.4, 0.5) is 11.4 Å². The third-order valence-electron chi connectivity index (χ3n) is 5.64. The minimum atomic E-state index is -0.557. The molecule has 1 aliphatic rings. The molecule has 140 valence electrons. The average Bonchev–Trinajstić information content (AvgIpc) is 2.68. The van der Waals surface area contributed by atoms with Gasteiger partial charge in [-0.15, -0.1) is 0 Å². The zero-order valence-electron chi connectivity index (χ0n) is 16.1. The van der Waals surface area contributed by atoms with E-state index in [1.165, 1.54) is 19.6 Å². The van der Waals surface area contributed by atoms with Gasteiger partial charge in [0.25, 0.3) is 5.91 Å². The van der Waals surface area contributed by atoms with Crippen molar-refractivity contribution in [3.63, 3.8) is 0 Å². The minimum Gasteiger partial charge on any atom is -0.465 e. The molecule has 0 bridgehead atoms. The summed E-state index contributed by atoms with van der Waals surface area (Å²) < 4.78 is 5.61. The Kier molecular flexibility index (Phi) is 6.38. The molecule has 1 unspecified atom stereocenters. The summed E-state index contributed by atoms with van der Waals surface area (Å²) in [6.45, 7) is 16.0. The predicted octanol–water partition coefficient (Wildman–Crippen LogP) is 3.68. The van der Waals surface area contributed by atoms with Crippen molar-refractivity contribution in [2.75, 3.05) is 32.1 Å². The molecule has 2 rings (SSSR count). The van der Waals surface area contributed by atoms with Crippen LogP contribution in [0.5, 0.6) is 0 Å². The van der Waals surface area contributed by atoms with Gasteiger partial charge in [0.2, 0.25) is 0 Å². The Bertz CT molecular complexity index is 731. The molecule has 1 amide bonds. The van der Waals surface area contributed by atoms with Crippen LogP contribution in [0.3, 0.4) is 0 Å². The number of rotatable bonds is 5. The van der Waals surface area contributed by atoms with Gasteiger partial charge in [0, 0.05) is 0 Å². The Morgan fingerprint density at radius 2 is 1.96 bits per heavy atom. The fourth-order valence-corrected chi connectivity index (χ4v) is 3.87. The molecule has 1 fully saturated rings. The van der Waals surface area contributed by atoms with Crippen molar-refractivity contribution in [3.05, 3.63) is 34.7 Å². The highest BCUT2D eigenvalue weighted by Gasteiger charge is 2.38. The van der Waals surface area contributed by atoms with E-state index in [9.17, 15) is 9.59 Å². The first-order chi connectivity index (χ1) is 12.4.